The van der Waals surface area contributed by atoms with Crippen LogP contribution in [0, 0.1) is 88.4 Å². The minimum Gasteiger partial charge on any atom is -0.0952 e. The first-order valence-electron chi connectivity index (χ1n) is 26.4. The Kier molecular flexibility index (Phi) is 15.5. The number of hydrogen-bond donors (Lipinski definition) is 0. The van der Waals surface area contributed by atoms with Crippen molar-refractivity contribution in [2.24, 2.45) is 11.3 Å². The number of rotatable bonds is 7. The van der Waals surface area contributed by atoms with Crippen LogP contribution in [0.25, 0.3) is 22.3 Å². The third-order valence-corrected chi connectivity index (χ3v) is 15.0. The van der Waals surface area contributed by atoms with Crippen molar-refractivity contribution in [1.29, 1.82) is 0 Å². The average molecular weight is 981 g/mol. The molecule has 2 atom stereocenters. The predicted molar refractivity (Wildman–Crippen MR) is 326 cm³/mol. The molecule has 4 aliphatic rings. The minimum absolute atomic E-state index is 0. The summed E-state index contributed by atoms with van der Waals surface area (Å²) in [4.78, 5) is 0. The Morgan fingerprint density at radius 1 is 0.474 bits per heavy atom. The van der Waals surface area contributed by atoms with Crippen LogP contribution in [0.1, 0.15) is 107 Å². The highest BCUT2D eigenvalue weighted by Gasteiger charge is 2.47. The lowest BCUT2D eigenvalue weighted by atomic mass is 9.72. The first-order chi connectivity index (χ1) is 36.3. The number of hydrogen-bond acceptors (Lipinski definition) is 0. The van der Waals surface area contributed by atoms with E-state index in [1.807, 2.05) is 0 Å². The fraction of sp³-hybridized carbons (Fsp3) is 0.184. The van der Waals surface area contributed by atoms with Crippen molar-refractivity contribution in [3.8, 4) is 35.5 Å². The summed E-state index contributed by atoms with van der Waals surface area (Å²) in [5, 5.41) is 0. The van der Waals surface area contributed by atoms with Gasteiger partial charge in [-0.15, -0.1) is 0 Å². The van der Waals surface area contributed by atoms with Crippen molar-refractivity contribution in [2.75, 3.05) is 0 Å². The Hall–Kier alpha value is -8.60. The van der Waals surface area contributed by atoms with Crippen LogP contribution in [0.2, 0.25) is 0 Å². The van der Waals surface area contributed by atoms with Gasteiger partial charge in [0.15, 0.2) is 0 Å². The summed E-state index contributed by atoms with van der Waals surface area (Å²) in [5.74, 6) is 23.8. The van der Waals surface area contributed by atoms with Crippen molar-refractivity contribution >= 4 is 22.3 Å². The van der Waals surface area contributed by atoms with Gasteiger partial charge in [-0.2, -0.15) is 0 Å². The highest BCUT2D eigenvalue weighted by Crippen LogP contribution is 2.57. The van der Waals surface area contributed by atoms with E-state index in [9.17, 15) is 0 Å². The van der Waals surface area contributed by atoms with E-state index in [-0.39, 0.29) is 12.8 Å². The fourth-order valence-electron chi connectivity index (χ4n) is 10.2. The van der Waals surface area contributed by atoms with E-state index >= 15 is 0 Å². The van der Waals surface area contributed by atoms with E-state index in [2.05, 4.69) is 279 Å². The summed E-state index contributed by atoms with van der Waals surface area (Å²) < 4.78 is 0. The zero-order valence-electron chi connectivity index (χ0n) is 44.8. The van der Waals surface area contributed by atoms with Gasteiger partial charge < -0.3 is 0 Å². The lowest BCUT2D eigenvalue weighted by Gasteiger charge is -2.29. The Morgan fingerprint density at radius 2 is 0.868 bits per heavy atom. The molecular weight excluding hydrogens is 913 g/mol. The van der Waals surface area contributed by atoms with Crippen molar-refractivity contribution in [1.82, 2.24) is 0 Å². The summed E-state index contributed by atoms with van der Waals surface area (Å²) >= 11 is 0. The molecule has 372 valence electrons. The number of fused-ring (bicyclic) bond motifs is 1. The van der Waals surface area contributed by atoms with Crippen LogP contribution in [0.4, 0.5) is 0 Å². The summed E-state index contributed by atoms with van der Waals surface area (Å²) in [7, 11) is 0. The van der Waals surface area contributed by atoms with Crippen LogP contribution < -0.4 is 0 Å². The molecule has 2 unspecified atom stereocenters. The van der Waals surface area contributed by atoms with Crippen LogP contribution in [0.5, 0.6) is 0 Å². The van der Waals surface area contributed by atoms with Crippen LogP contribution in [0.15, 0.2) is 239 Å². The van der Waals surface area contributed by atoms with Gasteiger partial charge in [-0.3, -0.25) is 0 Å². The molecule has 0 heterocycles. The largest absolute Gasteiger partial charge is 0.0952 e. The second-order valence-electron chi connectivity index (χ2n) is 21.3. The maximum atomic E-state index is 5.00. The zero-order valence-corrected chi connectivity index (χ0v) is 44.8. The third-order valence-electron chi connectivity index (χ3n) is 15.0. The van der Waals surface area contributed by atoms with E-state index in [1.165, 1.54) is 44.5 Å². The molecule has 10 rings (SSSR count). The molecule has 0 heteroatoms. The normalized spacial score (nSPS) is 21.5. The summed E-state index contributed by atoms with van der Waals surface area (Å²) in [6.07, 6.45) is 18.4. The van der Waals surface area contributed by atoms with Gasteiger partial charge in [-0.05, 0) is 142 Å². The standard InChI is InChI=1S/C75H64.CH4/c1-50-11-10-12-61(33-17-50)57(8)47-70-73(64-38-22-55(6)23-39-64)68(43-31-59-28-15-52(3)16-29-59)71(62-34-18-53(4)19-35-62)67(42-30-58-26-13-51(2)14-27-58)72(63-36-20-54(5)21-37-63)69(74(70)65-40-24-56(7)25-41-65)44-32-60-45-46-75(9)49-66(75)48-60;/h10-11,13-29,33-41,45-46,48,66H,8,12,47,49H2,1-7,9H3;1H4/b71-67-,71-68?,72-67?,72-69-,73-68-,73-70?,74-69?,74-70-;. The summed E-state index contributed by atoms with van der Waals surface area (Å²) in [6.45, 7) is 22.4. The third kappa shape index (κ3) is 11.7. The zero-order chi connectivity index (χ0) is 52.2. The maximum Gasteiger partial charge on any atom is 0.0431 e. The molecule has 1 saturated carbocycles. The molecule has 0 nitrogen and oxygen atoms in total. The van der Waals surface area contributed by atoms with E-state index in [4.69, 9.17) is 6.58 Å². The van der Waals surface area contributed by atoms with Crippen molar-refractivity contribution < 1.29 is 0 Å². The summed E-state index contributed by atoms with van der Waals surface area (Å²) in [6, 6.07) is 53.0. The van der Waals surface area contributed by atoms with E-state index in [0.29, 0.717) is 12.3 Å². The van der Waals surface area contributed by atoms with E-state index < -0.39 is 0 Å². The van der Waals surface area contributed by atoms with Gasteiger partial charge in [-0.1, -0.05) is 259 Å². The fourth-order valence-corrected chi connectivity index (χ4v) is 10.2. The number of benzene rings is 6. The summed E-state index contributed by atoms with van der Waals surface area (Å²) in [5.41, 5.74) is 25.5. The lowest BCUT2D eigenvalue weighted by Crippen LogP contribution is -2.11. The van der Waals surface area contributed by atoms with Crippen molar-refractivity contribution in [3.05, 3.63) is 306 Å². The van der Waals surface area contributed by atoms with Crippen LogP contribution >= 0.6 is 0 Å². The minimum atomic E-state index is 0. The van der Waals surface area contributed by atoms with Gasteiger partial charge in [0, 0.05) is 55.7 Å². The Balaban J connectivity index is 0.00000706. The molecule has 4 aliphatic carbocycles. The molecule has 0 aromatic heterocycles. The van der Waals surface area contributed by atoms with E-state index in [1.54, 1.807) is 0 Å². The van der Waals surface area contributed by atoms with Crippen LogP contribution in [-0.2, 0) is 0 Å². The van der Waals surface area contributed by atoms with Gasteiger partial charge in [0.25, 0.3) is 0 Å². The highest BCUT2D eigenvalue weighted by atomic mass is 14.5. The number of aryl methyl sites for hydroxylation is 6. The molecule has 1 fully saturated rings. The first kappa shape index (κ1) is 52.3. The second-order valence-corrected chi connectivity index (χ2v) is 21.3. The first-order valence-corrected chi connectivity index (χ1v) is 26.4. The van der Waals surface area contributed by atoms with Gasteiger partial charge in [0.1, 0.15) is 0 Å². The molecule has 0 spiro atoms. The smallest absolute Gasteiger partial charge is 0.0431 e. The predicted octanol–water partition coefficient (Wildman–Crippen LogP) is 18.7. The Bertz CT molecular complexity index is 3740. The van der Waals surface area contributed by atoms with Gasteiger partial charge in [0.05, 0.1) is 0 Å². The van der Waals surface area contributed by atoms with Crippen LogP contribution in [0.3, 0.4) is 0 Å². The highest BCUT2D eigenvalue weighted by molar-refractivity contribution is 6.15. The van der Waals surface area contributed by atoms with Crippen LogP contribution in [-0.4, -0.2) is 0 Å². The monoisotopic (exact) mass is 981 g/mol. The Labute approximate surface area is 454 Å². The van der Waals surface area contributed by atoms with Gasteiger partial charge in [0.2, 0.25) is 0 Å². The Morgan fingerprint density at radius 3 is 1.33 bits per heavy atom. The molecule has 0 saturated heterocycles. The molecule has 0 N–H and O–H groups in total. The molecule has 0 bridgehead atoms. The number of allylic oxidation sites excluding steroid dienone is 19. The molecule has 0 aliphatic heterocycles. The van der Waals surface area contributed by atoms with Gasteiger partial charge >= 0.3 is 0 Å². The average Bonchev–Trinajstić information content (AvgIpc) is 4.19. The molecule has 0 amide bonds. The quantitative estimate of drug-likeness (QED) is 0.140. The second kappa shape index (κ2) is 22.5. The maximum absolute atomic E-state index is 5.00. The molecule has 6 aromatic carbocycles. The van der Waals surface area contributed by atoms with Crippen molar-refractivity contribution in [2.45, 2.75) is 82.1 Å². The topological polar surface area (TPSA) is 0 Å². The van der Waals surface area contributed by atoms with E-state index in [0.717, 1.165) is 102 Å². The van der Waals surface area contributed by atoms with Crippen molar-refractivity contribution in [3.63, 3.8) is 0 Å². The molecule has 0 radical (unpaired) electrons. The van der Waals surface area contributed by atoms with Gasteiger partial charge in [-0.25, -0.2) is 0 Å². The molecule has 6 aromatic rings. The SMILES string of the molecule is C.C=C(CC1=C(c2ccc(C)cc2)/C(C#CC2=CC3CC3(C)C=C2)=C(c2ccc(C)cc2)\C(C#Cc2ccc(C)cc2)=C(c2ccc(C)cc2)/C(C#Cc2ccc(C)cc2)=C\1c1ccc(C)cc1)C1=CC=C(C)C=CC1. The molecular formula is C76H68. The molecule has 76 heavy (non-hydrogen) atoms. The lowest BCUT2D eigenvalue weighted by molar-refractivity contribution is 0.688.